The smallest absolute Gasteiger partial charge is 0.254 e. The number of aromatic hydroxyl groups is 2. The summed E-state index contributed by atoms with van der Waals surface area (Å²) in [5.74, 6) is -0.378. The zero-order valence-electron chi connectivity index (χ0n) is 10.6. The van der Waals surface area contributed by atoms with Gasteiger partial charge in [-0.1, -0.05) is 0 Å². The van der Waals surface area contributed by atoms with Gasteiger partial charge in [-0.2, -0.15) is 0 Å². The number of phenolic OH excluding ortho intramolecular Hbond substituents is 2. The maximum Gasteiger partial charge on any atom is 0.254 e. The van der Waals surface area contributed by atoms with Gasteiger partial charge in [0.25, 0.3) is 5.91 Å². The average Bonchev–Trinajstić information content (AvgIpc) is 2.25. The Morgan fingerprint density at radius 3 is 2.44 bits per heavy atom. The maximum absolute atomic E-state index is 12.3. The molecule has 5 nitrogen and oxygen atoms in total. The fourth-order valence-electron chi connectivity index (χ4n) is 2.22. The number of carbonyl (C=O) groups is 1. The summed E-state index contributed by atoms with van der Waals surface area (Å²) in [5, 5.41) is 22.1. The second-order valence-electron chi connectivity index (χ2n) is 5.28. The van der Waals surface area contributed by atoms with Crippen molar-refractivity contribution in [3.8, 4) is 11.5 Å². The van der Waals surface area contributed by atoms with Crippen molar-refractivity contribution in [2.75, 3.05) is 19.6 Å². The molecule has 1 aromatic rings. The van der Waals surface area contributed by atoms with Crippen LogP contribution >= 0.6 is 0 Å². The van der Waals surface area contributed by atoms with Gasteiger partial charge < -0.3 is 20.4 Å². The average molecular weight is 250 g/mol. The van der Waals surface area contributed by atoms with Crippen LogP contribution in [0.4, 0.5) is 0 Å². The fourth-order valence-corrected chi connectivity index (χ4v) is 2.22. The molecule has 0 aromatic heterocycles. The van der Waals surface area contributed by atoms with E-state index in [9.17, 15) is 15.0 Å². The molecule has 18 heavy (non-hydrogen) atoms. The Labute approximate surface area is 106 Å². The van der Waals surface area contributed by atoms with E-state index < -0.39 is 0 Å². The summed E-state index contributed by atoms with van der Waals surface area (Å²) in [6.45, 7) is 6.03. The number of rotatable bonds is 1. The molecule has 0 radical (unpaired) electrons. The minimum atomic E-state index is -0.171. The van der Waals surface area contributed by atoms with Crippen LogP contribution < -0.4 is 5.32 Å². The van der Waals surface area contributed by atoms with Gasteiger partial charge in [0.05, 0.1) is 0 Å². The van der Waals surface area contributed by atoms with Crippen molar-refractivity contribution >= 4 is 5.91 Å². The largest absolute Gasteiger partial charge is 0.508 e. The Morgan fingerprint density at radius 1 is 1.28 bits per heavy atom. The Balaban J connectivity index is 2.20. The third kappa shape index (κ3) is 2.73. The lowest BCUT2D eigenvalue weighted by molar-refractivity contribution is 0.0651. The zero-order chi connectivity index (χ0) is 13.3. The predicted octanol–water partition coefficient (Wildman–Crippen LogP) is 0.922. The van der Waals surface area contributed by atoms with Gasteiger partial charge in [0, 0.05) is 36.8 Å². The lowest BCUT2D eigenvalue weighted by atomic mass is 10.0. The second kappa shape index (κ2) is 4.49. The number of carbonyl (C=O) groups excluding carboxylic acids is 1. The minimum absolute atomic E-state index is 0.104. The van der Waals surface area contributed by atoms with Crippen LogP contribution in [-0.4, -0.2) is 46.2 Å². The normalized spacial score (nSPS) is 18.7. The van der Waals surface area contributed by atoms with Gasteiger partial charge in [0.1, 0.15) is 11.5 Å². The van der Waals surface area contributed by atoms with E-state index in [1.165, 1.54) is 18.2 Å². The lowest BCUT2D eigenvalue weighted by Gasteiger charge is -2.39. The predicted molar refractivity (Wildman–Crippen MR) is 67.8 cm³/mol. The van der Waals surface area contributed by atoms with E-state index in [1.807, 2.05) is 13.8 Å². The molecule has 0 spiro atoms. The van der Waals surface area contributed by atoms with Crippen molar-refractivity contribution in [3.05, 3.63) is 23.8 Å². The molecule has 3 N–H and O–H groups in total. The molecule has 98 valence electrons. The number of hydrogen-bond donors (Lipinski definition) is 3. The van der Waals surface area contributed by atoms with Crippen LogP contribution in [0, 0.1) is 0 Å². The number of benzene rings is 1. The molecule has 0 bridgehead atoms. The topological polar surface area (TPSA) is 72.8 Å². The molecule has 0 unspecified atom stereocenters. The zero-order valence-corrected chi connectivity index (χ0v) is 10.6. The third-order valence-corrected chi connectivity index (χ3v) is 3.01. The van der Waals surface area contributed by atoms with Gasteiger partial charge in [0.15, 0.2) is 0 Å². The molecule has 1 fully saturated rings. The van der Waals surface area contributed by atoms with Crippen LogP contribution in [-0.2, 0) is 0 Å². The van der Waals surface area contributed by atoms with Crippen molar-refractivity contribution in [3.63, 3.8) is 0 Å². The quantitative estimate of drug-likeness (QED) is 0.693. The van der Waals surface area contributed by atoms with Gasteiger partial charge in [-0.15, -0.1) is 0 Å². The van der Waals surface area contributed by atoms with Crippen LogP contribution in [0.5, 0.6) is 11.5 Å². The van der Waals surface area contributed by atoms with E-state index in [2.05, 4.69) is 5.32 Å². The SMILES string of the molecule is CC1(C)CN(C(=O)c2cc(O)cc(O)c2)CCN1. The van der Waals surface area contributed by atoms with Crippen molar-refractivity contribution < 1.29 is 15.0 Å². The Hall–Kier alpha value is -1.75. The first-order chi connectivity index (χ1) is 8.37. The van der Waals surface area contributed by atoms with Gasteiger partial charge in [-0.3, -0.25) is 4.79 Å². The summed E-state index contributed by atoms with van der Waals surface area (Å²) in [6, 6.07) is 3.95. The molecule has 5 heteroatoms. The molecular formula is C13H18N2O3. The van der Waals surface area contributed by atoms with Crippen molar-refractivity contribution in [2.45, 2.75) is 19.4 Å². The van der Waals surface area contributed by atoms with Crippen LogP contribution in [0.1, 0.15) is 24.2 Å². The van der Waals surface area contributed by atoms with Gasteiger partial charge >= 0.3 is 0 Å². The highest BCUT2D eigenvalue weighted by molar-refractivity contribution is 5.95. The molecular weight excluding hydrogens is 232 g/mol. The maximum atomic E-state index is 12.3. The summed E-state index contributed by atoms with van der Waals surface area (Å²) in [5.41, 5.74) is 0.192. The van der Waals surface area contributed by atoms with Crippen molar-refractivity contribution in [1.29, 1.82) is 0 Å². The standard InChI is InChI=1S/C13H18N2O3/c1-13(2)8-15(4-3-14-13)12(18)9-5-10(16)7-11(17)6-9/h5-7,14,16-17H,3-4,8H2,1-2H3. The third-order valence-electron chi connectivity index (χ3n) is 3.01. The first-order valence-electron chi connectivity index (χ1n) is 5.95. The lowest BCUT2D eigenvalue weighted by Crippen LogP contribution is -2.58. The number of hydrogen-bond acceptors (Lipinski definition) is 4. The molecule has 1 aliphatic rings. The fraction of sp³-hybridized carbons (Fsp3) is 0.462. The van der Waals surface area contributed by atoms with Crippen molar-refractivity contribution in [1.82, 2.24) is 10.2 Å². The number of amides is 1. The molecule has 0 aliphatic carbocycles. The van der Waals surface area contributed by atoms with E-state index in [0.717, 1.165) is 6.54 Å². The van der Waals surface area contributed by atoms with E-state index in [-0.39, 0.29) is 22.9 Å². The summed E-state index contributed by atoms with van der Waals surface area (Å²) in [4.78, 5) is 14.0. The first kappa shape index (κ1) is 12.7. The van der Waals surface area contributed by atoms with Crippen LogP contribution in [0.25, 0.3) is 0 Å². The van der Waals surface area contributed by atoms with E-state index in [0.29, 0.717) is 18.7 Å². The molecule has 1 heterocycles. The summed E-state index contributed by atoms with van der Waals surface area (Å²) >= 11 is 0. The van der Waals surface area contributed by atoms with Gasteiger partial charge in [0.2, 0.25) is 0 Å². The monoisotopic (exact) mass is 250 g/mol. The molecule has 1 aromatic carbocycles. The minimum Gasteiger partial charge on any atom is -0.508 e. The summed E-state index contributed by atoms with van der Waals surface area (Å²) in [7, 11) is 0. The number of nitrogens with one attached hydrogen (secondary N) is 1. The molecule has 1 amide bonds. The summed E-state index contributed by atoms with van der Waals surface area (Å²) < 4.78 is 0. The van der Waals surface area contributed by atoms with Gasteiger partial charge in [-0.25, -0.2) is 0 Å². The Kier molecular flexibility index (Phi) is 3.17. The van der Waals surface area contributed by atoms with E-state index >= 15 is 0 Å². The molecule has 2 rings (SSSR count). The highest BCUT2D eigenvalue weighted by Gasteiger charge is 2.29. The van der Waals surface area contributed by atoms with Gasteiger partial charge in [-0.05, 0) is 26.0 Å². The second-order valence-corrected chi connectivity index (χ2v) is 5.28. The van der Waals surface area contributed by atoms with Crippen LogP contribution in [0.15, 0.2) is 18.2 Å². The van der Waals surface area contributed by atoms with Crippen LogP contribution in [0.2, 0.25) is 0 Å². The van der Waals surface area contributed by atoms with Crippen molar-refractivity contribution in [2.24, 2.45) is 0 Å². The molecule has 1 aliphatic heterocycles. The molecule has 1 saturated heterocycles. The van der Waals surface area contributed by atoms with E-state index in [1.54, 1.807) is 4.90 Å². The summed E-state index contributed by atoms with van der Waals surface area (Å²) in [6.07, 6.45) is 0. The highest BCUT2D eigenvalue weighted by Crippen LogP contribution is 2.22. The number of nitrogens with zero attached hydrogens (tertiary/aromatic N) is 1. The molecule has 0 atom stereocenters. The van der Waals surface area contributed by atoms with Crippen LogP contribution in [0.3, 0.4) is 0 Å². The van der Waals surface area contributed by atoms with E-state index in [4.69, 9.17) is 0 Å². The first-order valence-corrected chi connectivity index (χ1v) is 5.95. The molecule has 0 saturated carbocycles. The number of piperazine rings is 1. The Bertz CT molecular complexity index is 451. The highest BCUT2D eigenvalue weighted by atomic mass is 16.3. The number of phenols is 2. The Morgan fingerprint density at radius 2 is 1.89 bits per heavy atom.